The SMILES string of the molecule is CC(CO)N(C)C(=O)CCC1CCCC(N)C1. The number of amides is 1. The molecule has 0 saturated heterocycles. The Hall–Kier alpha value is -0.610. The van der Waals surface area contributed by atoms with Crippen LogP contribution in [0.1, 0.15) is 45.4 Å². The van der Waals surface area contributed by atoms with Gasteiger partial charge in [0.1, 0.15) is 0 Å². The number of hydrogen-bond acceptors (Lipinski definition) is 3. The molecule has 3 N–H and O–H groups in total. The molecule has 0 radical (unpaired) electrons. The van der Waals surface area contributed by atoms with E-state index in [1.54, 1.807) is 11.9 Å². The van der Waals surface area contributed by atoms with Gasteiger partial charge in [-0.3, -0.25) is 4.79 Å². The van der Waals surface area contributed by atoms with E-state index in [0.29, 0.717) is 18.4 Å². The zero-order chi connectivity index (χ0) is 12.8. The number of likely N-dealkylation sites (N-methyl/N-ethyl adjacent to an activating group) is 1. The van der Waals surface area contributed by atoms with E-state index in [2.05, 4.69) is 0 Å². The van der Waals surface area contributed by atoms with Crippen molar-refractivity contribution in [1.82, 2.24) is 4.90 Å². The molecule has 4 heteroatoms. The molecule has 1 amide bonds. The molecule has 1 aliphatic carbocycles. The number of nitrogens with two attached hydrogens (primary N) is 1. The molecule has 17 heavy (non-hydrogen) atoms. The molecule has 100 valence electrons. The number of carbonyl (C=O) groups is 1. The minimum atomic E-state index is -0.0869. The lowest BCUT2D eigenvalue weighted by atomic mass is 9.83. The molecule has 3 atom stereocenters. The molecule has 0 bridgehead atoms. The van der Waals surface area contributed by atoms with E-state index in [1.807, 2.05) is 6.92 Å². The van der Waals surface area contributed by atoms with Crippen molar-refractivity contribution < 1.29 is 9.90 Å². The van der Waals surface area contributed by atoms with Gasteiger partial charge in [0.25, 0.3) is 0 Å². The third-order valence-corrected chi connectivity index (χ3v) is 3.91. The molecule has 0 aromatic heterocycles. The molecule has 0 heterocycles. The van der Waals surface area contributed by atoms with Gasteiger partial charge in [-0.2, -0.15) is 0 Å². The van der Waals surface area contributed by atoms with Gasteiger partial charge in [-0.25, -0.2) is 0 Å². The number of aliphatic hydroxyl groups excluding tert-OH is 1. The van der Waals surface area contributed by atoms with Crippen LogP contribution in [0, 0.1) is 5.92 Å². The highest BCUT2D eigenvalue weighted by Gasteiger charge is 2.21. The van der Waals surface area contributed by atoms with Gasteiger partial charge in [0.2, 0.25) is 5.91 Å². The molecule has 0 aromatic rings. The van der Waals surface area contributed by atoms with E-state index >= 15 is 0 Å². The Morgan fingerprint density at radius 1 is 1.53 bits per heavy atom. The van der Waals surface area contributed by atoms with Gasteiger partial charge in [0, 0.05) is 19.5 Å². The van der Waals surface area contributed by atoms with Crippen molar-refractivity contribution in [2.45, 2.75) is 57.5 Å². The van der Waals surface area contributed by atoms with Crippen LogP contribution in [0.15, 0.2) is 0 Å². The lowest BCUT2D eigenvalue weighted by molar-refractivity contribution is -0.132. The third kappa shape index (κ3) is 4.64. The summed E-state index contributed by atoms with van der Waals surface area (Å²) in [7, 11) is 1.76. The van der Waals surface area contributed by atoms with Crippen LogP contribution in [-0.4, -0.2) is 41.7 Å². The Kier molecular flexibility index (Phi) is 5.92. The summed E-state index contributed by atoms with van der Waals surface area (Å²) in [5.41, 5.74) is 5.93. The van der Waals surface area contributed by atoms with Crippen LogP contribution in [0.3, 0.4) is 0 Å². The van der Waals surface area contributed by atoms with Gasteiger partial charge < -0.3 is 15.7 Å². The first-order chi connectivity index (χ1) is 8.04. The first-order valence-electron chi connectivity index (χ1n) is 6.66. The Labute approximate surface area is 104 Å². The number of rotatable bonds is 5. The van der Waals surface area contributed by atoms with E-state index in [4.69, 9.17) is 10.8 Å². The maximum absolute atomic E-state index is 11.9. The minimum Gasteiger partial charge on any atom is -0.394 e. The fourth-order valence-electron chi connectivity index (χ4n) is 2.47. The maximum Gasteiger partial charge on any atom is 0.222 e. The van der Waals surface area contributed by atoms with Crippen LogP contribution in [0.5, 0.6) is 0 Å². The summed E-state index contributed by atoms with van der Waals surface area (Å²) in [6.07, 6.45) is 6.12. The standard InChI is InChI=1S/C13H26N2O2/c1-10(9-16)15(2)13(17)7-6-11-4-3-5-12(14)8-11/h10-12,16H,3-9,14H2,1-2H3. The normalized spacial score (nSPS) is 26.6. The molecular weight excluding hydrogens is 216 g/mol. The van der Waals surface area contributed by atoms with Gasteiger partial charge in [0.15, 0.2) is 0 Å². The van der Waals surface area contributed by atoms with Crippen molar-refractivity contribution in [2.75, 3.05) is 13.7 Å². The zero-order valence-electron chi connectivity index (χ0n) is 11.1. The Morgan fingerprint density at radius 2 is 2.24 bits per heavy atom. The molecule has 3 unspecified atom stereocenters. The maximum atomic E-state index is 11.9. The van der Waals surface area contributed by atoms with E-state index in [0.717, 1.165) is 19.3 Å². The molecule has 1 rings (SSSR count). The zero-order valence-corrected chi connectivity index (χ0v) is 11.1. The predicted octanol–water partition coefficient (Wildman–Crippen LogP) is 1.12. The van der Waals surface area contributed by atoms with Crippen molar-refractivity contribution in [2.24, 2.45) is 11.7 Å². The van der Waals surface area contributed by atoms with Crippen molar-refractivity contribution in [3.8, 4) is 0 Å². The summed E-state index contributed by atoms with van der Waals surface area (Å²) in [5.74, 6) is 0.742. The van der Waals surface area contributed by atoms with Gasteiger partial charge in [-0.15, -0.1) is 0 Å². The number of hydrogen-bond donors (Lipinski definition) is 2. The van der Waals surface area contributed by atoms with Crippen molar-refractivity contribution in [3.63, 3.8) is 0 Å². The van der Waals surface area contributed by atoms with E-state index in [9.17, 15) is 4.79 Å². The summed E-state index contributed by atoms with van der Waals surface area (Å²) in [4.78, 5) is 13.5. The van der Waals surface area contributed by atoms with Crippen LogP contribution < -0.4 is 5.73 Å². The Balaban J connectivity index is 2.27. The van der Waals surface area contributed by atoms with Crippen LogP contribution >= 0.6 is 0 Å². The van der Waals surface area contributed by atoms with Gasteiger partial charge in [0.05, 0.1) is 12.6 Å². The van der Waals surface area contributed by atoms with Crippen LogP contribution in [0.2, 0.25) is 0 Å². The van der Waals surface area contributed by atoms with Gasteiger partial charge in [-0.05, 0) is 32.1 Å². The Morgan fingerprint density at radius 3 is 2.82 bits per heavy atom. The smallest absolute Gasteiger partial charge is 0.222 e. The predicted molar refractivity (Wildman–Crippen MR) is 68.5 cm³/mol. The van der Waals surface area contributed by atoms with Crippen molar-refractivity contribution in [1.29, 1.82) is 0 Å². The highest BCUT2D eigenvalue weighted by molar-refractivity contribution is 5.76. The van der Waals surface area contributed by atoms with Crippen LogP contribution in [0.25, 0.3) is 0 Å². The fourth-order valence-corrected chi connectivity index (χ4v) is 2.47. The summed E-state index contributed by atoms with van der Waals surface area (Å²) < 4.78 is 0. The van der Waals surface area contributed by atoms with E-state index in [1.165, 1.54) is 12.8 Å². The van der Waals surface area contributed by atoms with E-state index in [-0.39, 0.29) is 18.6 Å². The highest BCUT2D eigenvalue weighted by atomic mass is 16.3. The second-order valence-electron chi connectivity index (χ2n) is 5.37. The summed E-state index contributed by atoms with van der Waals surface area (Å²) in [5, 5.41) is 9.00. The number of aliphatic hydroxyl groups is 1. The molecule has 0 spiro atoms. The fraction of sp³-hybridized carbons (Fsp3) is 0.923. The molecular formula is C13H26N2O2. The average Bonchev–Trinajstić information content (AvgIpc) is 2.34. The molecule has 1 aliphatic rings. The minimum absolute atomic E-state index is 0.0243. The topological polar surface area (TPSA) is 66.6 Å². The summed E-state index contributed by atoms with van der Waals surface area (Å²) in [6, 6.07) is 0.244. The average molecular weight is 242 g/mol. The largest absolute Gasteiger partial charge is 0.394 e. The van der Waals surface area contributed by atoms with E-state index < -0.39 is 0 Å². The summed E-state index contributed by atoms with van der Waals surface area (Å²) >= 11 is 0. The first-order valence-corrected chi connectivity index (χ1v) is 6.66. The third-order valence-electron chi connectivity index (χ3n) is 3.91. The molecule has 1 saturated carbocycles. The summed E-state index contributed by atoms with van der Waals surface area (Å²) in [6.45, 7) is 1.88. The molecule has 0 aliphatic heterocycles. The van der Waals surface area contributed by atoms with Crippen molar-refractivity contribution >= 4 is 5.91 Å². The lowest BCUT2D eigenvalue weighted by Crippen LogP contribution is -2.37. The second kappa shape index (κ2) is 6.97. The van der Waals surface area contributed by atoms with Crippen LogP contribution in [0.4, 0.5) is 0 Å². The first kappa shape index (κ1) is 14.5. The molecule has 1 fully saturated rings. The van der Waals surface area contributed by atoms with Crippen LogP contribution in [-0.2, 0) is 4.79 Å². The van der Waals surface area contributed by atoms with Crippen molar-refractivity contribution in [3.05, 3.63) is 0 Å². The van der Waals surface area contributed by atoms with Gasteiger partial charge in [-0.1, -0.05) is 12.8 Å². The highest BCUT2D eigenvalue weighted by Crippen LogP contribution is 2.27. The number of nitrogens with zero attached hydrogens (tertiary/aromatic N) is 1. The Bertz CT molecular complexity index is 246. The monoisotopic (exact) mass is 242 g/mol. The molecule has 4 nitrogen and oxygen atoms in total. The number of carbonyl (C=O) groups excluding carboxylic acids is 1. The van der Waals surface area contributed by atoms with Gasteiger partial charge >= 0.3 is 0 Å². The quantitative estimate of drug-likeness (QED) is 0.759. The lowest BCUT2D eigenvalue weighted by Gasteiger charge is -2.28. The second-order valence-corrected chi connectivity index (χ2v) is 5.37. The molecule has 0 aromatic carbocycles.